The van der Waals surface area contributed by atoms with Crippen molar-refractivity contribution in [1.82, 2.24) is 5.48 Å². The largest absolute Gasteiger partial charge is 0.479 e. The number of carboxylic acid groups (broad SMARTS) is 1. The van der Waals surface area contributed by atoms with Crippen LogP contribution >= 0.6 is 22.6 Å². The van der Waals surface area contributed by atoms with Crippen molar-refractivity contribution < 1.29 is 19.5 Å². The average Bonchev–Trinajstić information content (AvgIpc) is 2.21. The number of halogens is 1. The standard InChI is InChI=1S/C9H9IN2O4/c10-6-3-1-2-4-7(6)11-9(15)12-16-5-8(13)14/h1-4H,5H2,(H,13,14)(H2,11,12,15). The summed E-state index contributed by atoms with van der Waals surface area (Å²) in [5.41, 5.74) is 2.58. The van der Waals surface area contributed by atoms with Gasteiger partial charge in [-0.1, -0.05) is 12.1 Å². The van der Waals surface area contributed by atoms with Gasteiger partial charge in [0.2, 0.25) is 0 Å². The predicted molar refractivity (Wildman–Crippen MR) is 64.9 cm³/mol. The smallest absolute Gasteiger partial charge is 0.343 e. The maximum Gasteiger partial charge on any atom is 0.343 e. The zero-order valence-corrected chi connectivity index (χ0v) is 10.2. The summed E-state index contributed by atoms with van der Waals surface area (Å²) in [7, 11) is 0. The van der Waals surface area contributed by atoms with E-state index in [0.29, 0.717) is 5.69 Å². The highest BCUT2D eigenvalue weighted by Gasteiger charge is 2.05. The molecule has 7 heteroatoms. The van der Waals surface area contributed by atoms with Crippen LogP contribution in [-0.2, 0) is 9.63 Å². The molecule has 0 fully saturated rings. The summed E-state index contributed by atoms with van der Waals surface area (Å²) in [6.07, 6.45) is 0. The van der Waals surface area contributed by atoms with Crippen molar-refractivity contribution in [2.45, 2.75) is 0 Å². The Bertz CT molecular complexity index is 397. The van der Waals surface area contributed by atoms with E-state index >= 15 is 0 Å². The van der Waals surface area contributed by atoms with Crippen molar-refractivity contribution in [2.75, 3.05) is 11.9 Å². The molecule has 3 N–H and O–H groups in total. The second-order valence-electron chi connectivity index (χ2n) is 2.72. The van der Waals surface area contributed by atoms with Crippen LogP contribution in [0.25, 0.3) is 0 Å². The van der Waals surface area contributed by atoms with Crippen LogP contribution in [0.3, 0.4) is 0 Å². The maximum atomic E-state index is 11.2. The van der Waals surface area contributed by atoms with Gasteiger partial charge in [0.1, 0.15) is 0 Å². The Morgan fingerprint density at radius 2 is 2.06 bits per heavy atom. The maximum absolute atomic E-state index is 11.2. The Balaban J connectivity index is 2.40. The van der Waals surface area contributed by atoms with Gasteiger partial charge < -0.3 is 10.4 Å². The van der Waals surface area contributed by atoms with Crippen molar-refractivity contribution >= 4 is 40.3 Å². The van der Waals surface area contributed by atoms with Gasteiger partial charge in [0.25, 0.3) is 0 Å². The molecule has 0 aliphatic heterocycles. The molecule has 1 aromatic carbocycles. The molecule has 0 heterocycles. The molecule has 0 aliphatic rings. The molecule has 86 valence electrons. The Labute approximate surface area is 105 Å². The monoisotopic (exact) mass is 336 g/mol. The second-order valence-corrected chi connectivity index (χ2v) is 3.88. The number of anilines is 1. The van der Waals surface area contributed by atoms with Crippen molar-refractivity contribution in [3.05, 3.63) is 27.8 Å². The molecule has 1 rings (SSSR count). The van der Waals surface area contributed by atoms with E-state index in [0.717, 1.165) is 3.57 Å². The molecule has 0 saturated carbocycles. The lowest BCUT2D eigenvalue weighted by molar-refractivity contribution is -0.143. The number of carbonyl (C=O) groups excluding carboxylic acids is 1. The SMILES string of the molecule is O=C(O)CONC(=O)Nc1ccccc1I. The molecule has 0 radical (unpaired) electrons. The Morgan fingerprint density at radius 1 is 1.38 bits per heavy atom. The van der Waals surface area contributed by atoms with E-state index in [4.69, 9.17) is 5.11 Å². The minimum atomic E-state index is -1.16. The number of urea groups is 1. The molecule has 6 nitrogen and oxygen atoms in total. The number of nitrogens with one attached hydrogen (secondary N) is 2. The number of aliphatic carboxylic acids is 1. The van der Waals surface area contributed by atoms with Gasteiger partial charge in [0.15, 0.2) is 6.61 Å². The molecular formula is C9H9IN2O4. The van der Waals surface area contributed by atoms with Crippen LogP contribution in [0.5, 0.6) is 0 Å². The number of amides is 2. The number of carbonyl (C=O) groups is 2. The third-order valence-corrected chi connectivity index (χ3v) is 2.42. The fourth-order valence-corrected chi connectivity index (χ4v) is 1.40. The van der Waals surface area contributed by atoms with Crippen LogP contribution in [0, 0.1) is 3.57 Å². The van der Waals surface area contributed by atoms with Gasteiger partial charge in [-0.05, 0) is 34.7 Å². The summed E-state index contributed by atoms with van der Waals surface area (Å²) in [5, 5.41) is 10.8. The van der Waals surface area contributed by atoms with E-state index in [1.165, 1.54) is 0 Å². The number of benzene rings is 1. The third-order valence-electron chi connectivity index (χ3n) is 1.48. The van der Waals surface area contributed by atoms with Crippen LogP contribution in [0.15, 0.2) is 24.3 Å². The zero-order chi connectivity index (χ0) is 12.0. The Hall–Kier alpha value is -1.35. The van der Waals surface area contributed by atoms with Crippen LogP contribution in [0.1, 0.15) is 0 Å². The molecule has 16 heavy (non-hydrogen) atoms. The zero-order valence-electron chi connectivity index (χ0n) is 8.07. The average molecular weight is 336 g/mol. The van der Waals surface area contributed by atoms with Crippen molar-refractivity contribution in [2.24, 2.45) is 0 Å². The lowest BCUT2D eigenvalue weighted by Gasteiger charge is -2.07. The van der Waals surface area contributed by atoms with E-state index in [9.17, 15) is 9.59 Å². The number of carboxylic acids is 1. The summed E-state index contributed by atoms with van der Waals surface area (Å²) in [5.74, 6) is -1.16. The van der Waals surface area contributed by atoms with Crippen molar-refractivity contribution in [1.29, 1.82) is 0 Å². The van der Waals surface area contributed by atoms with Gasteiger partial charge in [-0.25, -0.2) is 15.1 Å². The third kappa shape index (κ3) is 4.45. The number of para-hydroxylation sites is 1. The fraction of sp³-hybridized carbons (Fsp3) is 0.111. The topological polar surface area (TPSA) is 87.7 Å². The molecule has 0 aliphatic carbocycles. The molecule has 0 spiro atoms. The number of rotatable bonds is 4. The van der Waals surface area contributed by atoms with Gasteiger partial charge in [-0.3, -0.25) is 4.84 Å². The summed E-state index contributed by atoms with van der Waals surface area (Å²) in [6.45, 7) is -0.584. The van der Waals surface area contributed by atoms with Gasteiger partial charge >= 0.3 is 12.0 Å². The summed E-state index contributed by atoms with van der Waals surface area (Å²) >= 11 is 2.06. The first-order valence-electron chi connectivity index (χ1n) is 4.24. The molecule has 0 bridgehead atoms. The van der Waals surface area contributed by atoms with Crippen LogP contribution in [0.2, 0.25) is 0 Å². The summed E-state index contributed by atoms with van der Waals surface area (Å²) in [4.78, 5) is 25.7. The van der Waals surface area contributed by atoms with E-state index in [2.05, 4.69) is 32.7 Å². The number of hydrogen-bond donors (Lipinski definition) is 3. The van der Waals surface area contributed by atoms with Gasteiger partial charge in [0, 0.05) is 3.57 Å². The second kappa shape index (κ2) is 6.28. The van der Waals surface area contributed by atoms with Gasteiger partial charge in [-0.15, -0.1) is 0 Å². The molecule has 0 unspecified atom stereocenters. The summed E-state index contributed by atoms with van der Waals surface area (Å²) < 4.78 is 0.869. The van der Waals surface area contributed by atoms with Crippen LogP contribution < -0.4 is 10.8 Å². The molecule has 2 amide bonds. The molecular weight excluding hydrogens is 327 g/mol. The van der Waals surface area contributed by atoms with Crippen LogP contribution in [-0.4, -0.2) is 23.7 Å². The molecule has 0 saturated heterocycles. The highest BCUT2D eigenvalue weighted by Crippen LogP contribution is 2.16. The van der Waals surface area contributed by atoms with Crippen molar-refractivity contribution in [3.8, 4) is 0 Å². The number of hydroxylamine groups is 1. The van der Waals surface area contributed by atoms with E-state index in [1.807, 2.05) is 17.6 Å². The highest BCUT2D eigenvalue weighted by atomic mass is 127. The first kappa shape index (κ1) is 12.7. The highest BCUT2D eigenvalue weighted by molar-refractivity contribution is 14.1. The predicted octanol–water partition coefficient (Wildman–Crippen LogP) is 1.43. The summed E-state index contributed by atoms with van der Waals surface area (Å²) in [6, 6.07) is 6.54. The van der Waals surface area contributed by atoms with E-state index < -0.39 is 18.6 Å². The minimum Gasteiger partial charge on any atom is -0.479 e. The Kier molecular flexibility index (Phi) is 4.99. The first-order chi connectivity index (χ1) is 7.59. The normalized spacial score (nSPS) is 9.56. The Morgan fingerprint density at radius 3 is 2.69 bits per heavy atom. The minimum absolute atomic E-state index is 0.584. The number of hydrogen-bond acceptors (Lipinski definition) is 3. The van der Waals surface area contributed by atoms with Gasteiger partial charge in [0.05, 0.1) is 5.69 Å². The molecule has 1 aromatic rings. The lowest BCUT2D eigenvalue weighted by atomic mass is 10.3. The first-order valence-corrected chi connectivity index (χ1v) is 5.32. The fourth-order valence-electron chi connectivity index (χ4n) is 0.874. The van der Waals surface area contributed by atoms with E-state index in [1.54, 1.807) is 12.1 Å². The lowest BCUT2D eigenvalue weighted by Crippen LogP contribution is -2.31. The molecule has 0 atom stereocenters. The van der Waals surface area contributed by atoms with Gasteiger partial charge in [-0.2, -0.15) is 0 Å². The molecule has 0 aromatic heterocycles. The quantitative estimate of drug-likeness (QED) is 0.573. The van der Waals surface area contributed by atoms with Crippen molar-refractivity contribution in [3.63, 3.8) is 0 Å². The van der Waals surface area contributed by atoms with Crippen LogP contribution in [0.4, 0.5) is 10.5 Å². The van der Waals surface area contributed by atoms with E-state index in [-0.39, 0.29) is 0 Å².